The molecule has 2 rings (SSSR count). The molecule has 5 nitrogen and oxygen atoms in total. The molecule has 2 unspecified atom stereocenters. The van der Waals surface area contributed by atoms with Crippen molar-refractivity contribution in [3.05, 3.63) is 40.5 Å². The third kappa shape index (κ3) is 4.33. The van der Waals surface area contributed by atoms with Crippen LogP contribution in [0.3, 0.4) is 0 Å². The molecule has 0 bridgehead atoms. The van der Waals surface area contributed by atoms with Crippen LogP contribution < -0.4 is 5.32 Å². The van der Waals surface area contributed by atoms with Gasteiger partial charge in [-0.2, -0.15) is 5.26 Å². The van der Waals surface area contributed by atoms with Crippen LogP contribution >= 0.6 is 15.9 Å². The van der Waals surface area contributed by atoms with Gasteiger partial charge in [-0.15, -0.1) is 0 Å². The molecule has 0 saturated carbocycles. The lowest BCUT2D eigenvalue weighted by Crippen LogP contribution is -2.48. The average molecular weight is 364 g/mol. The number of benzene rings is 1. The third-order valence-corrected chi connectivity index (χ3v) is 3.76. The van der Waals surface area contributed by atoms with E-state index in [4.69, 9.17) is 4.74 Å². The van der Waals surface area contributed by atoms with Crippen LogP contribution in [0.5, 0.6) is 0 Å². The Bertz CT molecular complexity index is 614. The summed E-state index contributed by atoms with van der Waals surface area (Å²) in [5.74, 6) is -0.271. The van der Waals surface area contributed by atoms with Crippen molar-refractivity contribution in [3.63, 3.8) is 0 Å². The van der Waals surface area contributed by atoms with E-state index < -0.39 is 0 Å². The van der Waals surface area contributed by atoms with Crippen LogP contribution in [0.2, 0.25) is 0 Å². The lowest BCUT2D eigenvalue weighted by Gasteiger charge is -2.35. The maximum absolute atomic E-state index is 12.4. The van der Waals surface area contributed by atoms with E-state index in [1.54, 1.807) is 4.90 Å². The van der Waals surface area contributed by atoms with Crippen molar-refractivity contribution in [2.45, 2.75) is 26.1 Å². The highest BCUT2D eigenvalue weighted by molar-refractivity contribution is 9.10. The molecular weight excluding hydrogens is 346 g/mol. The summed E-state index contributed by atoms with van der Waals surface area (Å²) < 4.78 is 6.53. The van der Waals surface area contributed by atoms with Gasteiger partial charge in [-0.3, -0.25) is 4.79 Å². The number of carbonyl (C=O) groups excluding carboxylic acids is 1. The van der Waals surface area contributed by atoms with Crippen LogP contribution in [-0.2, 0) is 9.53 Å². The first-order chi connectivity index (χ1) is 10.5. The standard InChI is InChI=1S/C16H18BrN3O2/c1-11-9-20(10-12(2)22-11)16(21)13(7-18)8-19-15-5-3-4-14(17)6-15/h3-6,8,11-12,19H,9-10H2,1-2H3/b13-8-. The Labute approximate surface area is 138 Å². The Hall–Kier alpha value is -1.84. The Balaban J connectivity index is 2.08. The molecule has 1 aromatic rings. The molecule has 0 aliphatic carbocycles. The van der Waals surface area contributed by atoms with E-state index in [1.165, 1.54) is 6.20 Å². The first-order valence-corrected chi connectivity index (χ1v) is 7.86. The van der Waals surface area contributed by atoms with Gasteiger partial charge in [0.05, 0.1) is 12.2 Å². The number of amides is 1. The van der Waals surface area contributed by atoms with Crippen molar-refractivity contribution in [2.75, 3.05) is 18.4 Å². The molecule has 1 amide bonds. The number of hydrogen-bond donors (Lipinski definition) is 1. The monoisotopic (exact) mass is 363 g/mol. The highest BCUT2D eigenvalue weighted by atomic mass is 79.9. The minimum Gasteiger partial charge on any atom is -0.372 e. The minimum absolute atomic E-state index is 0.0225. The van der Waals surface area contributed by atoms with Crippen molar-refractivity contribution < 1.29 is 9.53 Å². The predicted octanol–water partition coefficient (Wildman–Crippen LogP) is 2.90. The number of carbonyl (C=O) groups is 1. The zero-order valence-corrected chi connectivity index (χ0v) is 14.1. The van der Waals surface area contributed by atoms with E-state index in [1.807, 2.05) is 44.2 Å². The number of hydrogen-bond acceptors (Lipinski definition) is 4. The van der Waals surface area contributed by atoms with Gasteiger partial charge in [-0.25, -0.2) is 0 Å². The number of anilines is 1. The number of nitrogens with one attached hydrogen (secondary N) is 1. The molecule has 1 N–H and O–H groups in total. The molecule has 0 aromatic heterocycles. The second kappa shape index (κ2) is 7.43. The van der Waals surface area contributed by atoms with E-state index >= 15 is 0 Å². The molecule has 22 heavy (non-hydrogen) atoms. The second-order valence-corrected chi connectivity index (χ2v) is 6.21. The molecule has 6 heteroatoms. The number of halogens is 1. The number of morpholine rings is 1. The van der Waals surface area contributed by atoms with Crippen LogP contribution in [0.25, 0.3) is 0 Å². The first kappa shape index (κ1) is 16.5. The van der Waals surface area contributed by atoms with E-state index in [9.17, 15) is 10.1 Å². The summed E-state index contributed by atoms with van der Waals surface area (Å²) in [5.41, 5.74) is 0.889. The van der Waals surface area contributed by atoms with Gasteiger partial charge in [-0.05, 0) is 32.0 Å². The normalized spacial score (nSPS) is 22.1. The number of nitrogens with zero attached hydrogens (tertiary/aromatic N) is 2. The van der Waals surface area contributed by atoms with Crippen LogP contribution in [-0.4, -0.2) is 36.1 Å². The van der Waals surface area contributed by atoms with Crippen molar-refractivity contribution >= 4 is 27.5 Å². The van der Waals surface area contributed by atoms with Gasteiger partial charge in [-0.1, -0.05) is 22.0 Å². The molecule has 2 atom stereocenters. The predicted molar refractivity (Wildman–Crippen MR) is 88.0 cm³/mol. The molecule has 1 heterocycles. The zero-order valence-electron chi connectivity index (χ0n) is 12.5. The lowest BCUT2D eigenvalue weighted by molar-refractivity contribution is -0.138. The van der Waals surface area contributed by atoms with Crippen LogP contribution in [0.15, 0.2) is 40.5 Å². The van der Waals surface area contributed by atoms with E-state index in [2.05, 4.69) is 21.2 Å². The maximum Gasteiger partial charge on any atom is 0.266 e. The minimum atomic E-state index is -0.271. The van der Waals surface area contributed by atoms with E-state index in [-0.39, 0.29) is 23.7 Å². The summed E-state index contributed by atoms with van der Waals surface area (Å²) >= 11 is 3.38. The summed E-state index contributed by atoms with van der Waals surface area (Å²) in [6.07, 6.45) is 1.41. The quantitative estimate of drug-likeness (QED) is 0.662. The topological polar surface area (TPSA) is 65.4 Å². The third-order valence-electron chi connectivity index (χ3n) is 3.27. The van der Waals surface area contributed by atoms with Crippen molar-refractivity contribution in [3.8, 4) is 6.07 Å². The number of ether oxygens (including phenoxy) is 1. The van der Waals surface area contributed by atoms with Gasteiger partial charge >= 0.3 is 0 Å². The summed E-state index contributed by atoms with van der Waals surface area (Å²) in [7, 11) is 0. The average Bonchev–Trinajstić information content (AvgIpc) is 2.46. The second-order valence-electron chi connectivity index (χ2n) is 5.29. The van der Waals surface area contributed by atoms with Gasteiger partial charge < -0.3 is 15.0 Å². The smallest absolute Gasteiger partial charge is 0.266 e. The largest absolute Gasteiger partial charge is 0.372 e. The highest BCUT2D eigenvalue weighted by Gasteiger charge is 2.27. The summed E-state index contributed by atoms with van der Waals surface area (Å²) in [5, 5.41) is 12.2. The van der Waals surface area contributed by atoms with Crippen LogP contribution in [0.4, 0.5) is 5.69 Å². The molecule has 0 spiro atoms. The molecule has 1 fully saturated rings. The molecule has 1 aromatic carbocycles. The molecule has 1 saturated heterocycles. The molecule has 0 radical (unpaired) electrons. The molecule has 116 valence electrons. The SMILES string of the molecule is CC1CN(C(=O)/C(C#N)=C\Nc2cccc(Br)c2)CC(C)O1. The van der Waals surface area contributed by atoms with Crippen LogP contribution in [0, 0.1) is 11.3 Å². The Morgan fingerprint density at radius 1 is 1.45 bits per heavy atom. The Morgan fingerprint density at radius 2 is 2.14 bits per heavy atom. The van der Waals surface area contributed by atoms with Gasteiger partial charge in [0, 0.05) is 29.4 Å². The van der Waals surface area contributed by atoms with Gasteiger partial charge in [0.15, 0.2) is 0 Å². The fraction of sp³-hybridized carbons (Fsp3) is 0.375. The number of rotatable bonds is 3. The first-order valence-electron chi connectivity index (χ1n) is 7.06. The summed E-state index contributed by atoms with van der Waals surface area (Å²) in [4.78, 5) is 14.1. The van der Waals surface area contributed by atoms with Gasteiger partial charge in [0.2, 0.25) is 0 Å². The van der Waals surface area contributed by atoms with Crippen molar-refractivity contribution in [1.29, 1.82) is 5.26 Å². The van der Waals surface area contributed by atoms with Gasteiger partial charge in [0.1, 0.15) is 11.6 Å². The van der Waals surface area contributed by atoms with Crippen LogP contribution in [0.1, 0.15) is 13.8 Å². The lowest BCUT2D eigenvalue weighted by atomic mass is 10.2. The molecular formula is C16H18BrN3O2. The Morgan fingerprint density at radius 3 is 2.73 bits per heavy atom. The maximum atomic E-state index is 12.4. The van der Waals surface area contributed by atoms with Gasteiger partial charge in [0.25, 0.3) is 5.91 Å². The summed E-state index contributed by atoms with van der Waals surface area (Å²) in [6, 6.07) is 9.48. The van der Waals surface area contributed by atoms with Crippen molar-refractivity contribution in [2.24, 2.45) is 0 Å². The number of nitriles is 1. The zero-order chi connectivity index (χ0) is 16.1. The molecule has 1 aliphatic heterocycles. The van der Waals surface area contributed by atoms with Crippen molar-refractivity contribution in [1.82, 2.24) is 4.90 Å². The fourth-order valence-electron chi connectivity index (χ4n) is 2.39. The fourth-order valence-corrected chi connectivity index (χ4v) is 2.79. The summed E-state index contributed by atoms with van der Waals surface area (Å²) in [6.45, 7) is 4.84. The highest BCUT2D eigenvalue weighted by Crippen LogP contribution is 2.17. The molecule has 1 aliphatic rings. The van der Waals surface area contributed by atoms with E-state index in [0.29, 0.717) is 13.1 Å². The Kier molecular flexibility index (Phi) is 5.58. The van der Waals surface area contributed by atoms with E-state index in [0.717, 1.165) is 10.2 Å².